The van der Waals surface area contributed by atoms with Gasteiger partial charge in [0.25, 0.3) is 0 Å². The number of esters is 1. The summed E-state index contributed by atoms with van der Waals surface area (Å²) in [7, 11) is 0. The highest BCUT2D eigenvalue weighted by Gasteiger charge is 2.64. The van der Waals surface area contributed by atoms with Crippen LogP contribution in [0.1, 0.15) is 93.9 Å². The molecule has 4 aliphatic carbocycles. The second kappa shape index (κ2) is 9.64. The summed E-state index contributed by atoms with van der Waals surface area (Å²) in [6.07, 6.45) is 4.08. The van der Waals surface area contributed by atoms with E-state index in [0.29, 0.717) is 18.3 Å². The summed E-state index contributed by atoms with van der Waals surface area (Å²) in [5.74, 6) is 0.808. The third-order valence-electron chi connectivity index (χ3n) is 11.2. The Kier molecular flexibility index (Phi) is 7.45. The minimum absolute atomic E-state index is 0.105. The predicted molar refractivity (Wildman–Crippen MR) is 147 cm³/mol. The van der Waals surface area contributed by atoms with Gasteiger partial charge in [-0.2, -0.15) is 0 Å². The Morgan fingerprint density at radius 1 is 1.16 bits per heavy atom. The molecule has 0 aromatic heterocycles. The quantitative estimate of drug-likeness (QED) is 0.311. The van der Waals surface area contributed by atoms with Crippen molar-refractivity contribution in [3.8, 4) is 0 Å². The van der Waals surface area contributed by atoms with E-state index in [0.717, 1.165) is 37.7 Å². The summed E-state index contributed by atoms with van der Waals surface area (Å²) >= 11 is 0. The van der Waals surface area contributed by atoms with Crippen molar-refractivity contribution >= 4 is 5.97 Å². The lowest BCUT2D eigenvalue weighted by Gasteiger charge is -2.62. The molecule has 0 unspecified atom stereocenters. The second-order valence-corrected chi connectivity index (χ2v) is 14.0. The van der Waals surface area contributed by atoms with Crippen LogP contribution >= 0.6 is 0 Å². The van der Waals surface area contributed by atoms with Gasteiger partial charge in [0, 0.05) is 12.3 Å². The molecule has 5 nitrogen and oxygen atoms in total. The monoisotopic (exact) mass is 514 g/mol. The summed E-state index contributed by atoms with van der Waals surface area (Å²) in [6.45, 7) is 20.8. The SMILES string of the molecule is C=C(CC[C@H](C)[C@H]1CC=C2C3=C([C@@H](O)[C@H](OC(C)=O)[C@@]21C)[C@@]1(C)C[C@@H](O)[C@H](O)C(C)(C)[C@H]1CC3)C(C)C. The molecule has 0 saturated heterocycles. The fourth-order valence-electron chi connectivity index (χ4n) is 9.06. The summed E-state index contributed by atoms with van der Waals surface area (Å²) in [4.78, 5) is 12.4. The molecule has 4 aliphatic rings. The number of fused-ring (bicyclic) bond motifs is 4. The lowest BCUT2D eigenvalue weighted by atomic mass is 9.45. The molecule has 4 rings (SSSR count). The van der Waals surface area contributed by atoms with Gasteiger partial charge in [0.1, 0.15) is 12.2 Å². The van der Waals surface area contributed by atoms with Crippen LogP contribution < -0.4 is 0 Å². The highest BCUT2D eigenvalue weighted by Crippen LogP contribution is 2.67. The van der Waals surface area contributed by atoms with Gasteiger partial charge in [-0.25, -0.2) is 0 Å². The van der Waals surface area contributed by atoms with E-state index in [1.165, 1.54) is 23.6 Å². The Bertz CT molecular complexity index is 1000. The number of rotatable bonds is 6. The average Bonchev–Trinajstić information content (AvgIpc) is 3.15. The van der Waals surface area contributed by atoms with Crippen molar-refractivity contribution in [1.29, 1.82) is 0 Å². The molecule has 0 heterocycles. The molecule has 0 aromatic rings. The van der Waals surface area contributed by atoms with Crippen molar-refractivity contribution < 1.29 is 24.9 Å². The minimum atomic E-state index is -0.939. The van der Waals surface area contributed by atoms with Gasteiger partial charge in [-0.1, -0.05) is 66.7 Å². The van der Waals surface area contributed by atoms with Gasteiger partial charge in [0.2, 0.25) is 0 Å². The van der Waals surface area contributed by atoms with Crippen LogP contribution in [-0.4, -0.2) is 45.7 Å². The van der Waals surface area contributed by atoms with E-state index in [4.69, 9.17) is 4.74 Å². The molecule has 0 aromatic carbocycles. The first-order chi connectivity index (χ1) is 17.1. The maximum Gasteiger partial charge on any atom is 0.303 e. The van der Waals surface area contributed by atoms with E-state index in [-0.39, 0.29) is 17.8 Å². The predicted octanol–water partition coefficient (Wildman–Crippen LogP) is 5.74. The third kappa shape index (κ3) is 4.28. The Morgan fingerprint density at radius 2 is 1.81 bits per heavy atom. The van der Waals surface area contributed by atoms with Gasteiger partial charge < -0.3 is 20.1 Å². The van der Waals surface area contributed by atoms with E-state index in [1.54, 1.807) is 0 Å². The number of carbonyl (C=O) groups excluding carboxylic acids is 1. The average molecular weight is 515 g/mol. The molecule has 0 aliphatic heterocycles. The topological polar surface area (TPSA) is 87.0 Å². The summed E-state index contributed by atoms with van der Waals surface area (Å²) < 4.78 is 6.04. The molecule has 5 heteroatoms. The first-order valence-electron chi connectivity index (χ1n) is 14.4. The van der Waals surface area contributed by atoms with Gasteiger partial charge in [-0.15, -0.1) is 0 Å². The molecule has 0 amide bonds. The first kappa shape index (κ1) is 28.6. The second-order valence-electron chi connectivity index (χ2n) is 14.0. The van der Waals surface area contributed by atoms with Crippen LogP contribution in [0.15, 0.2) is 34.9 Å². The normalized spacial score (nSPS) is 41.5. The molecule has 37 heavy (non-hydrogen) atoms. The van der Waals surface area contributed by atoms with Crippen molar-refractivity contribution in [1.82, 2.24) is 0 Å². The Labute approximate surface area is 224 Å². The van der Waals surface area contributed by atoms with Crippen LogP contribution in [0.25, 0.3) is 0 Å². The molecule has 1 saturated carbocycles. The van der Waals surface area contributed by atoms with E-state index in [2.05, 4.69) is 47.3 Å². The van der Waals surface area contributed by atoms with E-state index < -0.39 is 40.7 Å². The lowest BCUT2D eigenvalue weighted by molar-refractivity contribution is -0.176. The van der Waals surface area contributed by atoms with Crippen molar-refractivity contribution in [2.24, 2.45) is 39.9 Å². The fraction of sp³-hybridized carbons (Fsp3) is 0.781. The van der Waals surface area contributed by atoms with Crippen molar-refractivity contribution in [3.63, 3.8) is 0 Å². The molecular formula is C32H50O5. The molecule has 9 atom stereocenters. The maximum absolute atomic E-state index is 12.4. The Balaban J connectivity index is 1.78. The lowest BCUT2D eigenvalue weighted by Crippen LogP contribution is -2.62. The van der Waals surface area contributed by atoms with E-state index in [1.807, 2.05) is 13.8 Å². The minimum Gasteiger partial charge on any atom is -0.458 e. The van der Waals surface area contributed by atoms with E-state index >= 15 is 0 Å². The van der Waals surface area contributed by atoms with Gasteiger partial charge in [-0.3, -0.25) is 4.79 Å². The number of carbonyl (C=O) groups is 1. The highest BCUT2D eigenvalue weighted by molar-refractivity contribution is 5.67. The molecule has 0 radical (unpaired) electrons. The van der Waals surface area contributed by atoms with Crippen LogP contribution in [0.2, 0.25) is 0 Å². The summed E-state index contributed by atoms with van der Waals surface area (Å²) in [5, 5.41) is 33.9. The molecule has 1 fully saturated rings. The fourth-order valence-corrected chi connectivity index (χ4v) is 9.06. The number of hydrogen-bond donors (Lipinski definition) is 3. The van der Waals surface area contributed by atoms with Gasteiger partial charge in [-0.05, 0) is 89.7 Å². The zero-order valence-electron chi connectivity index (χ0n) is 24.3. The van der Waals surface area contributed by atoms with Crippen molar-refractivity contribution in [2.75, 3.05) is 0 Å². The summed E-state index contributed by atoms with van der Waals surface area (Å²) in [5.41, 5.74) is 3.17. The van der Waals surface area contributed by atoms with Gasteiger partial charge in [0.05, 0.1) is 12.2 Å². The maximum atomic E-state index is 12.4. The molecular weight excluding hydrogens is 464 g/mol. The highest BCUT2D eigenvalue weighted by atomic mass is 16.6. The molecule has 3 N–H and O–H groups in total. The number of ether oxygens (including phenoxy) is 1. The Hall–Kier alpha value is -1.43. The van der Waals surface area contributed by atoms with Crippen molar-refractivity contribution in [3.05, 3.63) is 34.9 Å². The van der Waals surface area contributed by atoms with Crippen LogP contribution in [0.4, 0.5) is 0 Å². The zero-order chi connectivity index (χ0) is 27.7. The van der Waals surface area contributed by atoms with Gasteiger partial charge in [0.15, 0.2) is 0 Å². The third-order valence-corrected chi connectivity index (χ3v) is 11.2. The smallest absolute Gasteiger partial charge is 0.303 e. The first-order valence-corrected chi connectivity index (χ1v) is 14.4. The van der Waals surface area contributed by atoms with E-state index in [9.17, 15) is 20.1 Å². The van der Waals surface area contributed by atoms with Gasteiger partial charge >= 0.3 is 5.97 Å². The molecule has 0 spiro atoms. The number of aliphatic hydroxyl groups is 3. The van der Waals surface area contributed by atoms with Crippen molar-refractivity contribution in [2.45, 2.75) is 118 Å². The molecule has 0 bridgehead atoms. The van der Waals surface area contributed by atoms with Crippen LogP contribution in [0, 0.1) is 39.9 Å². The van der Waals surface area contributed by atoms with Crippen LogP contribution in [0.5, 0.6) is 0 Å². The Morgan fingerprint density at radius 3 is 2.41 bits per heavy atom. The summed E-state index contributed by atoms with van der Waals surface area (Å²) in [6, 6.07) is 0. The molecule has 208 valence electrons. The number of hydrogen-bond acceptors (Lipinski definition) is 5. The van der Waals surface area contributed by atoms with Crippen LogP contribution in [-0.2, 0) is 9.53 Å². The largest absolute Gasteiger partial charge is 0.458 e. The number of allylic oxidation sites excluding steroid dienone is 3. The number of aliphatic hydroxyl groups excluding tert-OH is 3. The standard InChI is InChI=1S/C32H50O5/c1-17(2)18(3)10-11-19(4)22-13-14-23-21-12-15-25-30(6,7)28(36)24(34)16-31(25,8)26(21)27(35)29(32(22,23)9)37-20(5)33/h14,17,19,22,24-25,27-29,34-36H,3,10-13,15-16H2,1-2,4-9H3/t19-,22+,24+,25+,27+,28-,29-,31-,32+/m0/s1. The van der Waals surface area contributed by atoms with Crippen LogP contribution in [0.3, 0.4) is 0 Å². The zero-order valence-corrected chi connectivity index (χ0v) is 24.3.